The molecule has 0 saturated carbocycles. The number of nitro groups is 1. The highest BCUT2D eigenvalue weighted by Gasteiger charge is 2.15. The van der Waals surface area contributed by atoms with Crippen LogP contribution in [-0.2, 0) is 6.54 Å². The lowest BCUT2D eigenvalue weighted by molar-refractivity contribution is -0.387. The van der Waals surface area contributed by atoms with E-state index in [0.29, 0.717) is 5.56 Å². The van der Waals surface area contributed by atoms with Crippen LogP contribution in [0, 0.1) is 15.9 Å². The third kappa shape index (κ3) is 2.78. The maximum absolute atomic E-state index is 13.5. The highest BCUT2D eigenvalue weighted by Crippen LogP contribution is 2.19. The lowest BCUT2D eigenvalue weighted by Gasteiger charge is -2.06. The van der Waals surface area contributed by atoms with E-state index in [9.17, 15) is 19.3 Å². The van der Waals surface area contributed by atoms with Crippen molar-refractivity contribution in [3.8, 4) is 0 Å². The Kier molecular flexibility index (Phi) is 4.01. The first-order valence-corrected chi connectivity index (χ1v) is 5.99. The molecule has 2 rings (SSSR count). The maximum Gasteiger partial charge on any atom is 0.304 e. The molecule has 0 N–H and O–H groups in total. The summed E-state index contributed by atoms with van der Waals surface area (Å²) in [5.74, 6) is -0.986. The van der Waals surface area contributed by atoms with Crippen molar-refractivity contribution in [3.63, 3.8) is 0 Å². The molecule has 0 radical (unpaired) electrons. The Morgan fingerprint density at radius 2 is 2.10 bits per heavy atom. The first-order valence-electron chi connectivity index (χ1n) is 5.24. The normalized spacial score (nSPS) is 10.6. The summed E-state index contributed by atoms with van der Waals surface area (Å²) in [7, 11) is 0. The molecule has 6 nitrogen and oxygen atoms in total. The molecule has 0 amide bonds. The highest BCUT2D eigenvalue weighted by molar-refractivity contribution is 6.41. The number of hydrogen-bond donors (Lipinski definition) is 0. The van der Waals surface area contributed by atoms with Gasteiger partial charge in [0.25, 0.3) is 5.56 Å². The molecule has 0 saturated heterocycles. The molecule has 104 valence electrons. The second-order valence-corrected chi connectivity index (χ2v) is 4.60. The molecule has 1 aromatic heterocycles. The largest absolute Gasteiger partial charge is 0.304 e. The van der Waals surface area contributed by atoms with Crippen LogP contribution >= 0.6 is 23.2 Å². The van der Waals surface area contributed by atoms with Gasteiger partial charge in [0.1, 0.15) is 5.02 Å². The summed E-state index contributed by atoms with van der Waals surface area (Å²) in [6.07, 6.45) is 1.19. The summed E-state index contributed by atoms with van der Waals surface area (Å²) >= 11 is 11.3. The topological polar surface area (TPSA) is 78.0 Å². The molecule has 0 aliphatic rings. The van der Waals surface area contributed by atoms with E-state index in [-0.39, 0.29) is 16.6 Å². The number of aromatic nitrogens is 2. The average Bonchev–Trinajstić information content (AvgIpc) is 2.39. The van der Waals surface area contributed by atoms with Crippen molar-refractivity contribution in [2.45, 2.75) is 6.54 Å². The number of halogens is 3. The van der Waals surface area contributed by atoms with Crippen LogP contribution in [0.5, 0.6) is 0 Å². The molecule has 0 bridgehead atoms. The molecule has 0 atom stereocenters. The predicted molar refractivity (Wildman–Crippen MR) is 70.7 cm³/mol. The molecule has 0 aliphatic carbocycles. The summed E-state index contributed by atoms with van der Waals surface area (Å²) in [5.41, 5.74) is -0.929. The van der Waals surface area contributed by atoms with E-state index in [1.165, 1.54) is 12.3 Å². The van der Waals surface area contributed by atoms with Gasteiger partial charge >= 0.3 is 5.69 Å². The minimum atomic E-state index is -0.986. The summed E-state index contributed by atoms with van der Waals surface area (Å²) in [5, 5.41) is 14.1. The van der Waals surface area contributed by atoms with Gasteiger partial charge in [0, 0.05) is 6.07 Å². The van der Waals surface area contributed by atoms with Crippen molar-refractivity contribution in [2.24, 2.45) is 0 Å². The van der Waals surface area contributed by atoms with E-state index in [0.717, 1.165) is 16.8 Å². The van der Waals surface area contributed by atoms with E-state index < -0.39 is 22.0 Å². The van der Waals surface area contributed by atoms with Gasteiger partial charge in [-0.05, 0) is 11.6 Å². The number of nitro benzene ring substituents is 1. The standard InChI is InChI=1S/C11H6Cl2FN3O3/c12-7-4-15-16(11(18)10(7)13)5-6-1-2-9(17(19)20)8(14)3-6/h1-4H,5H2. The number of benzene rings is 1. The summed E-state index contributed by atoms with van der Waals surface area (Å²) in [6, 6.07) is 3.32. The Labute approximate surface area is 121 Å². The minimum absolute atomic E-state index is 0.0165. The van der Waals surface area contributed by atoms with Crippen LogP contribution in [0.2, 0.25) is 10.0 Å². The third-order valence-electron chi connectivity index (χ3n) is 2.48. The van der Waals surface area contributed by atoms with E-state index >= 15 is 0 Å². The smallest absolute Gasteiger partial charge is 0.266 e. The molecular formula is C11H6Cl2FN3O3. The molecule has 9 heteroatoms. The van der Waals surface area contributed by atoms with E-state index in [4.69, 9.17) is 23.2 Å². The third-order valence-corrected chi connectivity index (χ3v) is 3.23. The van der Waals surface area contributed by atoms with Crippen molar-refractivity contribution in [2.75, 3.05) is 0 Å². The molecule has 1 heterocycles. The average molecular weight is 318 g/mol. The first kappa shape index (κ1) is 14.4. The fraction of sp³-hybridized carbons (Fsp3) is 0.0909. The number of rotatable bonds is 3. The molecule has 0 unspecified atom stereocenters. The van der Waals surface area contributed by atoms with Crippen molar-refractivity contribution < 1.29 is 9.31 Å². The predicted octanol–water partition coefficient (Wildman–Crippen LogP) is 2.65. The first-order chi connectivity index (χ1) is 9.40. The van der Waals surface area contributed by atoms with Gasteiger partial charge in [0.15, 0.2) is 0 Å². The second-order valence-electron chi connectivity index (χ2n) is 3.81. The molecule has 2 aromatic rings. The number of hydrogen-bond acceptors (Lipinski definition) is 4. The Morgan fingerprint density at radius 3 is 2.70 bits per heavy atom. The zero-order valence-electron chi connectivity index (χ0n) is 9.72. The van der Waals surface area contributed by atoms with Gasteiger partial charge < -0.3 is 0 Å². The molecular weight excluding hydrogens is 312 g/mol. The Hall–Kier alpha value is -1.99. The van der Waals surface area contributed by atoms with Gasteiger partial charge in [0.2, 0.25) is 5.82 Å². The van der Waals surface area contributed by atoms with Crippen LogP contribution in [0.25, 0.3) is 0 Å². The highest BCUT2D eigenvalue weighted by atomic mass is 35.5. The summed E-state index contributed by atoms with van der Waals surface area (Å²) in [4.78, 5) is 21.4. The summed E-state index contributed by atoms with van der Waals surface area (Å²) in [6.45, 7) is -0.0787. The fourth-order valence-corrected chi connectivity index (χ4v) is 1.80. The Bertz CT molecular complexity index is 748. The molecule has 0 fully saturated rings. The van der Waals surface area contributed by atoms with Gasteiger partial charge in [-0.1, -0.05) is 29.3 Å². The zero-order chi connectivity index (χ0) is 14.9. The lowest BCUT2D eigenvalue weighted by Crippen LogP contribution is -2.23. The van der Waals surface area contributed by atoms with Crippen LogP contribution in [-0.4, -0.2) is 14.7 Å². The number of nitrogens with zero attached hydrogens (tertiary/aromatic N) is 3. The molecule has 20 heavy (non-hydrogen) atoms. The van der Waals surface area contributed by atoms with Crippen molar-refractivity contribution >= 4 is 28.9 Å². The van der Waals surface area contributed by atoms with Crippen molar-refractivity contribution in [1.29, 1.82) is 0 Å². The van der Waals surface area contributed by atoms with Crippen LogP contribution < -0.4 is 5.56 Å². The zero-order valence-corrected chi connectivity index (χ0v) is 11.2. The quantitative estimate of drug-likeness (QED) is 0.644. The van der Waals surface area contributed by atoms with Crippen LogP contribution in [0.15, 0.2) is 29.2 Å². The SMILES string of the molecule is O=c1c(Cl)c(Cl)cnn1Cc1ccc([N+](=O)[O-])c(F)c1. The van der Waals surface area contributed by atoms with Crippen molar-refractivity contribution in [1.82, 2.24) is 9.78 Å². The Morgan fingerprint density at radius 1 is 1.40 bits per heavy atom. The van der Waals surface area contributed by atoms with Gasteiger partial charge in [-0.25, -0.2) is 4.68 Å². The van der Waals surface area contributed by atoms with Crippen LogP contribution in [0.3, 0.4) is 0 Å². The van der Waals surface area contributed by atoms with Crippen LogP contribution in [0.1, 0.15) is 5.56 Å². The second kappa shape index (κ2) is 5.56. The molecule has 0 spiro atoms. The molecule has 1 aromatic carbocycles. The van der Waals surface area contributed by atoms with Crippen LogP contribution in [0.4, 0.5) is 10.1 Å². The van der Waals surface area contributed by atoms with Gasteiger partial charge in [-0.3, -0.25) is 14.9 Å². The molecule has 0 aliphatic heterocycles. The maximum atomic E-state index is 13.5. The Balaban J connectivity index is 2.36. The lowest BCUT2D eigenvalue weighted by atomic mass is 10.2. The van der Waals surface area contributed by atoms with Crippen molar-refractivity contribution in [3.05, 3.63) is 66.3 Å². The van der Waals surface area contributed by atoms with E-state index in [1.54, 1.807) is 0 Å². The summed E-state index contributed by atoms with van der Waals surface area (Å²) < 4.78 is 14.4. The van der Waals surface area contributed by atoms with Gasteiger partial charge in [-0.15, -0.1) is 0 Å². The monoisotopic (exact) mass is 317 g/mol. The van der Waals surface area contributed by atoms with Gasteiger partial charge in [0.05, 0.1) is 22.7 Å². The van der Waals surface area contributed by atoms with Gasteiger partial charge in [-0.2, -0.15) is 9.49 Å². The van der Waals surface area contributed by atoms with E-state index in [2.05, 4.69) is 5.10 Å². The minimum Gasteiger partial charge on any atom is -0.266 e. The van der Waals surface area contributed by atoms with E-state index in [1.807, 2.05) is 0 Å². The fourth-order valence-electron chi connectivity index (χ4n) is 1.53.